The van der Waals surface area contributed by atoms with Crippen molar-refractivity contribution in [1.29, 1.82) is 0 Å². The van der Waals surface area contributed by atoms with Crippen LogP contribution in [-0.2, 0) is 0 Å². The zero-order chi connectivity index (χ0) is 13.1. The molecular formula is C13H17ClIN3O. The number of guanidine groups is 1. The Kier molecular flexibility index (Phi) is 5.93. The Bertz CT molecular complexity index is 505. The summed E-state index contributed by atoms with van der Waals surface area (Å²) >= 11 is 6.16. The smallest absolute Gasteiger partial charge is 0.189 e. The first-order chi connectivity index (χ1) is 8.58. The molecule has 3 N–H and O–H groups in total. The predicted molar refractivity (Wildman–Crippen MR) is 89.5 cm³/mol. The number of halogens is 2. The predicted octanol–water partition coefficient (Wildman–Crippen LogP) is 2.87. The summed E-state index contributed by atoms with van der Waals surface area (Å²) in [6.45, 7) is 6.70. The van der Waals surface area contributed by atoms with E-state index in [9.17, 15) is 0 Å². The Balaban J connectivity index is 0.00000180. The van der Waals surface area contributed by atoms with Crippen molar-refractivity contribution in [3.05, 3.63) is 40.9 Å². The van der Waals surface area contributed by atoms with Crippen LogP contribution < -0.4 is 15.8 Å². The van der Waals surface area contributed by atoms with Crippen LogP contribution in [0.25, 0.3) is 0 Å². The molecule has 1 aliphatic rings. The van der Waals surface area contributed by atoms with Gasteiger partial charge in [0.25, 0.3) is 0 Å². The number of fused-ring (bicyclic) bond motifs is 1. The number of aliphatic imine (C=N–C) groups is 1. The second-order valence-corrected chi connectivity index (χ2v) is 4.73. The molecule has 0 spiro atoms. The van der Waals surface area contributed by atoms with E-state index in [1.165, 1.54) is 0 Å². The highest BCUT2D eigenvalue weighted by Gasteiger charge is 2.26. The molecule has 2 rings (SSSR count). The van der Waals surface area contributed by atoms with Gasteiger partial charge in [0.05, 0.1) is 12.6 Å². The topological polar surface area (TPSA) is 59.6 Å². The van der Waals surface area contributed by atoms with Gasteiger partial charge in [-0.1, -0.05) is 29.8 Å². The van der Waals surface area contributed by atoms with Crippen LogP contribution in [0, 0.1) is 0 Å². The van der Waals surface area contributed by atoms with E-state index in [1.54, 1.807) is 0 Å². The summed E-state index contributed by atoms with van der Waals surface area (Å²) in [6.07, 6.45) is 0. The molecule has 0 aromatic heterocycles. The normalized spacial score (nSPS) is 17.2. The molecule has 0 aliphatic carbocycles. The summed E-state index contributed by atoms with van der Waals surface area (Å²) in [7, 11) is 0. The third kappa shape index (κ3) is 4.01. The van der Waals surface area contributed by atoms with Crippen molar-refractivity contribution in [2.75, 3.05) is 13.2 Å². The van der Waals surface area contributed by atoms with Crippen molar-refractivity contribution in [3.63, 3.8) is 0 Å². The SMILES string of the molecule is C=C(C)CN=C(N)NC1COc2cccc(Cl)c21.I. The highest BCUT2D eigenvalue weighted by molar-refractivity contribution is 14.0. The number of rotatable bonds is 3. The third-order valence-electron chi connectivity index (χ3n) is 2.61. The van der Waals surface area contributed by atoms with E-state index in [-0.39, 0.29) is 30.0 Å². The van der Waals surface area contributed by atoms with Gasteiger partial charge in [-0.05, 0) is 19.1 Å². The first kappa shape index (κ1) is 16.1. The molecule has 19 heavy (non-hydrogen) atoms. The number of benzene rings is 1. The van der Waals surface area contributed by atoms with Gasteiger partial charge >= 0.3 is 0 Å². The molecule has 1 aromatic carbocycles. The van der Waals surface area contributed by atoms with Gasteiger partial charge in [0.1, 0.15) is 12.4 Å². The van der Waals surface area contributed by atoms with Crippen LogP contribution in [0.5, 0.6) is 5.75 Å². The standard InChI is InChI=1S/C13H16ClN3O.HI/c1-8(2)6-16-13(15)17-10-7-18-11-5-3-4-9(14)12(10)11;/h3-5,10H,1,6-7H2,2H3,(H3,15,16,17);1H. The molecule has 6 heteroatoms. The lowest BCUT2D eigenvalue weighted by Gasteiger charge is -2.13. The fourth-order valence-electron chi connectivity index (χ4n) is 1.80. The van der Waals surface area contributed by atoms with Gasteiger partial charge in [0.15, 0.2) is 5.96 Å². The van der Waals surface area contributed by atoms with Crippen molar-refractivity contribution in [3.8, 4) is 5.75 Å². The van der Waals surface area contributed by atoms with Gasteiger partial charge in [-0.3, -0.25) is 0 Å². The lowest BCUT2D eigenvalue weighted by Crippen LogP contribution is -2.36. The van der Waals surface area contributed by atoms with Gasteiger partial charge in [-0.15, -0.1) is 24.0 Å². The quantitative estimate of drug-likeness (QED) is 0.359. The summed E-state index contributed by atoms with van der Waals surface area (Å²) in [4.78, 5) is 4.17. The second-order valence-electron chi connectivity index (χ2n) is 4.32. The summed E-state index contributed by atoms with van der Waals surface area (Å²) in [5.41, 5.74) is 7.70. The van der Waals surface area contributed by atoms with Crippen molar-refractivity contribution in [1.82, 2.24) is 5.32 Å². The van der Waals surface area contributed by atoms with E-state index in [0.29, 0.717) is 24.1 Å². The number of nitrogens with zero attached hydrogens (tertiary/aromatic N) is 1. The molecule has 0 radical (unpaired) electrons. The first-order valence-electron chi connectivity index (χ1n) is 5.70. The summed E-state index contributed by atoms with van der Waals surface area (Å²) < 4.78 is 5.54. The Hall–Kier alpha value is -0.950. The number of nitrogens with one attached hydrogen (secondary N) is 1. The molecule has 0 amide bonds. The summed E-state index contributed by atoms with van der Waals surface area (Å²) in [5.74, 6) is 1.17. The molecule has 1 unspecified atom stereocenters. The molecule has 1 atom stereocenters. The fourth-order valence-corrected chi connectivity index (χ4v) is 2.09. The number of hydrogen-bond acceptors (Lipinski definition) is 2. The molecule has 1 aromatic rings. The maximum absolute atomic E-state index is 6.16. The number of hydrogen-bond donors (Lipinski definition) is 2. The van der Waals surface area contributed by atoms with Gasteiger partial charge in [-0.2, -0.15) is 0 Å². The molecule has 1 aliphatic heterocycles. The average Bonchev–Trinajstić information content (AvgIpc) is 2.71. The van der Waals surface area contributed by atoms with Crippen LogP contribution in [0.15, 0.2) is 35.3 Å². The molecule has 1 heterocycles. The summed E-state index contributed by atoms with van der Waals surface area (Å²) in [5, 5.41) is 3.78. The van der Waals surface area contributed by atoms with Gasteiger partial charge in [0.2, 0.25) is 0 Å². The zero-order valence-electron chi connectivity index (χ0n) is 10.6. The lowest BCUT2D eigenvalue weighted by atomic mass is 10.1. The Morgan fingerprint density at radius 1 is 1.63 bits per heavy atom. The van der Waals surface area contributed by atoms with E-state index in [1.807, 2.05) is 25.1 Å². The molecular weight excluding hydrogens is 377 g/mol. The van der Waals surface area contributed by atoms with Crippen molar-refractivity contribution in [2.45, 2.75) is 13.0 Å². The fraction of sp³-hybridized carbons (Fsp3) is 0.308. The number of nitrogens with two attached hydrogens (primary N) is 1. The molecule has 0 saturated carbocycles. The Labute approximate surface area is 135 Å². The van der Waals surface area contributed by atoms with E-state index in [0.717, 1.165) is 16.9 Å². The van der Waals surface area contributed by atoms with Crippen LogP contribution >= 0.6 is 35.6 Å². The molecule has 104 valence electrons. The first-order valence-corrected chi connectivity index (χ1v) is 6.07. The van der Waals surface area contributed by atoms with Crippen LogP contribution in [0.1, 0.15) is 18.5 Å². The maximum Gasteiger partial charge on any atom is 0.189 e. The van der Waals surface area contributed by atoms with E-state index in [4.69, 9.17) is 22.1 Å². The van der Waals surface area contributed by atoms with Gasteiger partial charge < -0.3 is 15.8 Å². The number of ether oxygens (including phenoxy) is 1. The van der Waals surface area contributed by atoms with Gasteiger partial charge in [-0.25, -0.2) is 4.99 Å². The van der Waals surface area contributed by atoms with E-state index in [2.05, 4.69) is 16.9 Å². The second kappa shape index (κ2) is 7.00. The highest BCUT2D eigenvalue weighted by atomic mass is 127. The average molecular weight is 394 g/mol. The van der Waals surface area contributed by atoms with Crippen LogP contribution in [-0.4, -0.2) is 19.1 Å². The Morgan fingerprint density at radius 2 is 2.37 bits per heavy atom. The van der Waals surface area contributed by atoms with Crippen molar-refractivity contribution >= 4 is 41.5 Å². The van der Waals surface area contributed by atoms with Crippen molar-refractivity contribution < 1.29 is 4.74 Å². The van der Waals surface area contributed by atoms with Crippen molar-refractivity contribution in [2.24, 2.45) is 10.7 Å². The minimum atomic E-state index is -0.0532. The molecule has 4 nitrogen and oxygen atoms in total. The molecule has 0 fully saturated rings. The Morgan fingerprint density at radius 3 is 3.05 bits per heavy atom. The monoisotopic (exact) mass is 393 g/mol. The lowest BCUT2D eigenvalue weighted by molar-refractivity contribution is 0.324. The van der Waals surface area contributed by atoms with E-state index >= 15 is 0 Å². The van der Waals surface area contributed by atoms with Crippen LogP contribution in [0.4, 0.5) is 0 Å². The summed E-state index contributed by atoms with van der Waals surface area (Å²) in [6, 6.07) is 5.54. The minimum absolute atomic E-state index is 0. The third-order valence-corrected chi connectivity index (χ3v) is 2.94. The molecule has 0 bridgehead atoms. The maximum atomic E-state index is 6.16. The van der Waals surface area contributed by atoms with Crippen LogP contribution in [0.2, 0.25) is 5.02 Å². The van der Waals surface area contributed by atoms with E-state index < -0.39 is 0 Å². The zero-order valence-corrected chi connectivity index (χ0v) is 13.7. The highest BCUT2D eigenvalue weighted by Crippen LogP contribution is 2.37. The largest absolute Gasteiger partial charge is 0.491 e. The van der Waals surface area contributed by atoms with Crippen LogP contribution in [0.3, 0.4) is 0 Å². The molecule has 0 saturated heterocycles. The minimum Gasteiger partial charge on any atom is -0.491 e. The van der Waals surface area contributed by atoms with Gasteiger partial charge in [0, 0.05) is 10.6 Å².